The summed E-state index contributed by atoms with van der Waals surface area (Å²) >= 11 is 0. The highest BCUT2D eigenvalue weighted by Crippen LogP contribution is 2.30. The van der Waals surface area contributed by atoms with E-state index in [2.05, 4.69) is 35.2 Å². The van der Waals surface area contributed by atoms with Crippen LogP contribution in [0.3, 0.4) is 0 Å². The molecule has 4 aromatic rings. The molecule has 0 saturated heterocycles. The van der Waals surface area contributed by atoms with E-state index in [0.717, 1.165) is 40.7 Å². The van der Waals surface area contributed by atoms with E-state index in [1.165, 1.54) is 25.1 Å². The van der Waals surface area contributed by atoms with Crippen LogP contribution in [0.15, 0.2) is 91.0 Å². The summed E-state index contributed by atoms with van der Waals surface area (Å²) in [6.45, 7) is 4.56. The number of alkyl halides is 3. The molecule has 1 N–H and O–H groups in total. The van der Waals surface area contributed by atoms with Gasteiger partial charge in [-0.1, -0.05) is 66.7 Å². The standard InChI is InChI=1S/C34H34F3NO4/c1-24-29(14-9-16-32(24)27-11-4-3-5-12-27)23-40-30-18-17-28(13-6-7-19-38-25(2)39)33(21-30)41-22-26-10-8-15-31(20-26)42-34(35,36)37/h3-5,8-12,14-18,20-21H,6-7,13,19,22-23H2,1-2H3,(H,38,39). The quantitative estimate of drug-likeness (QED) is 0.163. The number of amides is 1. The van der Waals surface area contributed by atoms with E-state index < -0.39 is 6.36 Å². The Morgan fingerprint density at radius 3 is 2.33 bits per heavy atom. The molecule has 4 rings (SSSR count). The lowest BCUT2D eigenvalue weighted by Crippen LogP contribution is -2.20. The zero-order chi connectivity index (χ0) is 30.0. The average Bonchev–Trinajstić information content (AvgIpc) is 2.95. The van der Waals surface area contributed by atoms with Crippen LogP contribution in [0, 0.1) is 6.92 Å². The van der Waals surface area contributed by atoms with Crippen molar-refractivity contribution in [2.24, 2.45) is 0 Å². The van der Waals surface area contributed by atoms with Crippen LogP contribution in [0.1, 0.15) is 42.0 Å². The number of benzene rings is 4. The SMILES string of the molecule is CC(=O)NCCCCc1ccc(OCc2cccc(-c3ccccc3)c2C)cc1OCc1cccc(OC(F)(F)F)c1. The molecule has 1 amide bonds. The lowest BCUT2D eigenvalue weighted by molar-refractivity contribution is -0.274. The molecule has 0 radical (unpaired) electrons. The summed E-state index contributed by atoms with van der Waals surface area (Å²) in [4.78, 5) is 11.1. The average molecular weight is 578 g/mol. The van der Waals surface area contributed by atoms with Crippen molar-refractivity contribution in [1.82, 2.24) is 5.32 Å². The summed E-state index contributed by atoms with van der Waals surface area (Å²) in [6, 6.07) is 27.7. The zero-order valence-electron chi connectivity index (χ0n) is 23.7. The molecule has 0 fully saturated rings. The van der Waals surface area contributed by atoms with Gasteiger partial charge in [-0.25, -0.2) is 0 Å². The molecule has 220 valence electrons. The fourth-order valence-electron chi connectivity index (χ4n) is 4.60. The van der Waals surface area contributed by atoms with E-state index in [9.17, 15) is 18.0 Å². The number of unbranched alkanes of at least 4 members (excludes halogenated alkanes) is 1. The largest absolute Gasteiger partial charge is 0.573 e. The Morgan fingerprint density at radius 1 is 0.786 bits per heavy atom. The minimum atomic E-state index is -4.77. The van der Waals surface area contributed by atoms with Crippen molar-refractivity contribution in [2.75, 3.05) is 6.54 Å². The Morgan fingerprint density at radius 2 is 1.57 bits per heavy atom. The first-order chi connectivity index (χ1) is 20.2. The third-order valence-corrected chi connectivity index (χ3v) is 6.74. The Balaban J connectivity index is 1.48. The van der Waals surface area contributed by atoms with Crippen molar-refractivity contribution >= 4 is 5.91 Å². The summed E-state index contributed by atoms with van der Waals surface area (Å²) in [6.07, 6.45) is -2.46. The summed E-state index contributed by atoms with van der Waals surface area (Å²) < 4.78 is 54.4. The number of carbonyl (C=O) groups excluding carboxylic acids is 1. The Kier molecular flexibility index (Phi) is 10.5. The van der Waals surface area contributed by atoms with E-state index in [0.29, 0.717) is 36.6 Å². The van der Waals surface area contributed by atoms with E-state index >= 15 is 0 Å². The number of hydrogen-bond acceptors (Lipinski definition) is 4. The summed E-state index contributed by atoms with van der Waals surface area (Å²) in [5, 5.41) is 2.79. The zero-order valence-corrected chi connectivity index (χ0v) is 23.7. The molecule has 42 heavy (non-hydrogen) atoms. The van der Waals surface area contributed by atoms with Crippen molar-refractivity contribution in [3.8, 4) is 28.4 Å². The molecule has 0 atom stereocenters. The molecule has 0 aliphatic carbocycles. The molecule has 4 aromatic carbocycles. The van der Waals surface area contributed by atoms with Crippen LogP contribution in [-0.4, -0.2) is 18.8 Å². The lowest BCUT2D eigenvalue weighted by Gasteiger charge is -2.16. The number of aryl methyl sites for hydroxylation is 1. The number of carbonyl (C=O) groups is 1. The minimum absolute atomic E-state index is 0.0512. The molecule has 0 unspecified atom stereocenters. The predicted molar refractivity (Wildman–Crippen MR) is 156 cm³/mol. The third-order valence-electron chi connectivity index (χ3n) is 6.74. The van der Waals surface area contributed by atoms with Crippen LogP contribution >= 0.6 is 0 Å². The second kappa shape index (κ2) is 14.4. The molecular formula is C34H34F3NO4. The van der Waals surface area contributed by atoms with Crippen molar-refractivity contribution in [3.63, 3.8) is 0 Å². The van der Waals surface area contributed by atoms with E-state index in [-0.39, 0.29) is 18.3 Å². The molecule has 5 nitrogen and oxygen atoms in total. The number of rotatable bonds is 13. The van der Waals surface area contributed by atoms with Crippen molar-refractivity contribution < 1.29 is 32.2 Å². The fourth-order valence-corrected chi connectivity index (χ4v) is 4.60. The molecule has 0 saturated carbocycles. The van der Waals surface area contributed by atoms with Crippen LogP contribution in [0.25, 0.3) is 11.1 Å². The van der Waals surface area contributed by atoms with Gasteiger partial charge in [-0.05, 0) is 77.8 Å². The summed E-state index contributed by atoms with van der Waals surface area (Å²) in [5.74, 6) is 0.836. The molecule has 0 spiro atoms. The Hall–Kier alpha value is -4.46. The van der Waals surface area contributed by atoms with Crippen LogP contribution in [0.4, 0.5) is 13.2 Å². The first-order valence-electron chi connectivity index (χ1n) is 13.8. The van der Waals surface area contributed by atoms with Crippen molar-refractivity contribution in [2.45, 2.75) is 52.7 Å². The fraction of sp³-hybridized carbons (Fsp3) is 0.265. The minimum Gasteiger partial charge on any atom is -0.489 e. The van der Waals surface area contributed by atoms with Gasteiger partial charge in [0.2, 0.25) is 5.91 Å². The summed E-state index contributed by atoms with van der Waals surface area (Å²) in [5.41, 5.74) is 5.95. The van der Waals surface area contributed by atoms with Gasteiger partial charge in [0, 0.05) is 19.5 Å². The first-order valence-corrected chi connectivity index (χ1v) is 13.8. The Labute approximate surface area is 244 Å². The van der Waals surface area contributed by atoms with Gasteiger partial charge in [-0.15, -0.1) is 13.2 Å². The molecule has 0 bridgehead atoms. The Bertz CT molecular complexity index is 1470. The highest BCUT2D eigenvalue weighted by atomic mass is 19.4. The maximum atomic E-state index is 12.7. The molecular weight excluding hydrogens is 543 g/mol. The van der Waals surface area contributed by atoms with Gasteiger partial charge in [0.15, 0.2) is 0 Å². The number of halogens is 3. The summed E-state index contributed by atoms with van der Waals surface area (Å²) in [7, 11) is 0. The molecule has 0 aliphatic rings. The molecule has 0 aromatic heterocycles. The third kappa shape index (κ3) is 9.29. The van der Waals surface area contributed by atoms with Crippen LogP contribution in [0.2, 0.25) is 0 Å². The van der Waals surface area contributed by atoms with Gasteiger partial charge in [0.1, 0.15) is 30.5 Å². The van der Waals surface area contributed by atoms with Crippen LogP contribution in [0.5, 0.6) is 17.2 Å². The van der Waals surface area contributed by atoms with Gasteiger partial charge in [0.05, 0.1) is 0 Å². The molecule has 8 heteroatoms. The number of hydrogen-bond donors (Lipinski definition) is 1. The smallest absolute Gasteiger partial charge is 0.489 e. The van der Waals surface area contributed by atoms with Gasteiger partial charge in [-0.3, -0.25) is 4.79 Å². The highest BCUT2D eigenvalue weighted by molar-refractivity contribution is 5.72. The van der Waals surface area contributed by atoms with Crippen molar-refractivity contribution in [1.29, 1.82) is 0 Å². The highest BCUT2D eigenvalue weighted by Gasteiger charge is 2.31. The van der Waals surface area contributed by atoms with Crippen LogP contribution in [-0.2, 0) is 24.4 Å². The van der Waals surface area contributed by atoms with E-state index in [4.69, 9.17) is 9.47 Å². The predicted octanol–water partition coefficient (Wildman–Crippen LogP) is 8.18. The van der Waals surface area contributed by atoms with E-state index in [1.54, 1.807) is 6.07 Å². The van der Waals surface area contributed by atoms with Gasteiger partial charge in [0.25, 0.3) is 0 Å². The van der Waals surface area contributed by atoms with E-state index in [1.807, 2.05) is 48.5 Å². The van der Waals surface area contributed by atoms with Crippen molar-refractivity contribution in [3.05, 3.63) is 113 Å². The second-order valence-corrected chi connectivity index (χ2v) is 9.94. The van der Waals surface area contributed by atoms with Crippen LogP contribution < -0.4 is 19.5 Å². The van der Waals surface area contributed by atoms with Gasteiger partial charge < -0.3 is 19.5 Å². The number of ether oxygens (including phenoxy) is 3. The number of nitrogens with one attached hydrogen (secondary N) is 1. The topological polar surface area (TPSA) is 56.8 Å². The normalized spacial score (nSPS) is 11.2. The molecule has 0 heterocycles. The lowest BCUT2D eigenvalue weighted by atomic mass is 9.97. The first kappa shape index (κ1) is 30.5. The monoisotopic (exact) mass is 577 g/mol. The maximum Gasteiger partial charge on any atom is 0.573 e. The van der Waals surface area contributed by atoms with Gasteiger partial charge in [-0.2, -0.15) is 0 Å². The second-order valence-electron chi connectivity index (χ2n) is 9.94. The maximum absolute atomic E-state index is 12.7. The molecule has 0 aliphatic heterocycles. The van der Waals surface area contributed by atoms with Gasteiger partial charge >= 0.3 is 6.36 Å².